The molecule has 0 atom stereocenters. The number of phenols is 1. The molecule has 0 radical (unpaired) electrons. The molecule has 1 aromatic heterocycles. The summed E-state index contributed by atoms with van der Waals surface area (Å²) >= 11 is 0. The van der Waals surface area contributed by atoms with E-state index in [2.05, 4.69) is 4.98 Å². The molecule has 4 aromatic rings. The van der Waals surface area contributed by atoms with Crippen molar-refractivity contribution in [2.45, 2.75) is 19.9 Å². The Balaban J connectivity index is 0.000000179. The van der Waals surface area contributed by atoms with E-state index in [0.717, 1.165) is 16.6 Å². The minimum Gasteiger partial charge on any atom is -0.508 e. The van der Waals surface area contributed by atoms with Crippen molar-refractivity contribution < 1.29 is 9.90 Å². The first-order chi connectivity index (χ1) is 16.0. The topological polar surface area (TPSA) is 99.4 Å². The van der Waals surface area contributed by atoms with Gasteiger partial charge in [-0.15, -0.1) is 0 Å². The van der Waals surface area contributed by atoms with E-state index in [1.165, 1.54) is 5.56 Å². The molecule has 2 heterocycles. The number of aromatic hydroxyl groups is 1. The smallest absolute Gasteiger partial charge is 0.256 e. The number of amides is 1. The molecular formula is C27H29N3O3. The summed E-state index contributed by atoms with van der Waals surface area (Å²) in [5.41, 5.74) is 8.48. The number of aryl methyl sites for hydroxylation is 1. The van der Waals surface area contributed by atoms with E-state index in [4.69, 9.17) is 10.8 Å². The standard InChI is InChI=1S/C14H15N3O2.C7H8O.C6H6/c15-7-13(18)17-6-5-12-11(8-17)9-3-1-2-4-10(9)14(19)16-12;1-6-2-4-7(8)5-3-6;1-2-4-6-5-3-1/h1-4H,5-8,15H2,(H,16,19);2-5,8H,1H3;1-6H. The van der Waals surface area contributed by atoms with Gasteiger partial charge in [-0.05, 0) is 36.1 Å². The average Bonchev–Trinajstić information content (AvgIpc) is 2.87. The molecule has 3 aromatic carbocycles. The van der Waals surface area contributed by atoms with E-state index in [9.17, 15) is 9.59 Å². The maximum atomic E-state index is 12.0. The number of fused-ring (bicyclic) bond motifs is 3. The van der Waals surface area contributed by atoms with Gasteiger partial charge in [0.2, 0.25) is 5.91 Å². The number of rotatable bonds is 1. The Morgan fingerprint density at radius 2 is 1.52 bits per heavy atom. The number of aromatic nitrogens is 1. The fourth-order valence-electron chi connectivity index (χ4n) is 3.57. The molecule has 0 fully saturated rings. The van der Waals surface area contributed by atoms with Crippen molar-refractivity contribution in [3.8, 4) is 5.75 Å². The van der Waals surface area contributed by atoms with Crippen LogP contribution in [0.1, 0.15) is 16.8 Å². The number of phenolic OH excluding ortho intramolecular Hbond substituents is 1. The number of nitrogens with zero attached hydrogens (tertiary/aromatic N) is 1. The zero-order valence-corrected chi connectivity index (χ0v) is 18.7. The zero-order valence-electron chi connectivity index (χ0n) is 18.7. The van der Waals surface area contributed by atoms with Gasteiger partial charge in [-0.25, -0.2) is 0 Å². The van der Waals surface area contributed by atoms with Gasteiger partial charge in [-0.2, -0.15) is 0 Å². The summed E-state index contributed by atoms with van der Waals surface area (Å²) in [6.07, 6.45) is 0.668. The van der Waals surface area contributed by atoms with Crippen LogP contribution in [-0.4, -0.2) is 34.0 Å². The summed E-state index contributed by atoms with van der Waals surface area (Å²) in [4.78, 5) is 28.3. The summed E-state index contributed by atoms with van der Waals surface area (Å²) in [6.45, 7) is 3.13. The van der Waals surface area contributed by atoms with Crippen LogP contribution in [0.2, 0.25) is 0 Å². The first-order valence-electron chi connectivity index (χ1n) is 10.9. The Hall–Kier alpha value is -3.90. The average molecular weight is 444 g/mol. The summed E-state index contributed by atoms with van der Waals surface area (Å²) in [5, 5.41) is 10.4. The van der Waals surface area contributed by atoms with Crippen LogP contribution in [0.15, 0.2) is 89.7 Å². The first-order valence-corrected chi connectivity index (χ1v) is 10.9. The second-order valence-electron chi connectivity index (χ2n) is 7.72. The van der Waals surface area contributed by atoms with Crippen LogP contribution in [0, 0.1) is 6.92 Å². The minimum atomic E-state index is -0.0621. The highest BCUT2D eigenvalue weighted by Crippen LogP contribution is 2.23. The number of pyridine rings is 1. The number of nitrogens with one attached hydrogen (secondary N) is 1. The normalized spacial score (nSPS) is 12.0. The molecular weight excluding hydrogens is 414 g/mol. The maximum Gasteiger partial charge on any atom is 0.256 e. The second-order valence-corrected chi connectivity index (χ2v) is 7.72. The van der Waals surface area contributed by atoms with E-state index in [-0.39, 0.29) is 18.0 Å². The third-order valence-corrected chi connectivity index (χ3v) is 5.33. The lowest BCUT2D eigenvalue weighted by atomic mass is 9.99. The van der Waals surface area contributed by atoms with Gasteiger partial charge in [-0.1, -0.05) is 72.3 Å². The molecule has 5 rings (SSSR count). The number of carbonyl (C=O) groups is 1. The predicted octanol–water partition coefficient (Wildman–Crippen LogP) is 3.76. The molecule has 0 aliphatic carbocycles. The van der Waals surface area contributed by atoms with Crippen molar-refractivity contribution in [2.24, 2.45) is 5.73 Å². The molecule has 0 saturated carbocycles. The third-order valence-electron chi connectivity index (χ3n) is 5.33. The van der Waals surface area contributed by atoms with E-state index in [0.29, 0.717) is 30.6 Å². The molecule has 4 N–H and O–H groups in total. The number of benzene rings is 3. The number of hydrogen-bond acceptors (Lipinski definition) is 4. The van der Waals surface area contributed by atoms with Gasteiger partial charge in [-0.3, -0.25) is 9.59 Å². The molecule has 0 bridgehead atoms. The van der Waals surface area contributed by atoms with Crippen LogP contribution in [-0.2, 0) is 17.8 Å². The lowest BCUT2D eigenvalue weighted by Crippen LogP contribution is -2.40. The Labute approximate surface area is 193 Å². The Morgan fingerprint density at radius 1 is 0.939 bits per heavy atom. The summed E-state index contributed by atoms with van der Waals surface area (Å²) in [7, 11) is 0. The van der Waals surface area contributed by atoms with E-state index in [1.807, 2.05) is 73.7 Å². The van der Waals surface area contributed by atoms with Crippen molar-refractivity contribution in [3.05, 3.63) is 112 Å². The fourth-order valence-corrected chi connectivity index (χ4v) is 3.57. The van der Waals surface area contributed by atoms with Crippen LogP contribution in [0.4, 0.5) is 0 Å². The van der Waals surface area contributed by atoms with Gasteiger partial charge in [0.05, 0.1) is 6.54 Å². The van der Waals surface area contributed by atoms with Crippen LogP contribution >= 0.6 is 0 Å². The molecule has 1 aliphatic rings. The van der Waals surface area contributed by atoms with Crippen LogP contribution in [0.25, 0.3) is 10.8 Å². The molecule has 33 heavy (non-hydrogen) atoms. The lowest BCUT2D eigenvalue weighted by molar-refractivity contribution is -0.130. The van der Waals surface area contributed by atoms with Gasteiger partial charge < -0.3 is 20.7 Å². The van der Waals surface area contributed by atoms with Crippen molar-refractivity contribution in [3.63, 3.8) is 0 Å². The number of hydrogen-bond donors (Lipinski definition) is 3. The molecule has 6 nitrogen and oxygen atoms in total. The highest BCUT2D eigenvalue weighted by atomic mass is 16.3. The van der Waals surface area contributed by atoms with Gasteiger partial charge in [0.15, 0.2) is 0 Å². The van der Waals surface area contributed by atoms with Gasteiger partial charge in [0, 0.05) is 30.6 Å². The summed E-state index contributed by atoms with van der Waals surface area (Å²) in [6, 6.07) is 26.6. The third kappa shape index (κ3) is 6.54. The van der Waals surface area contributed by atoms with Crippen molar-refractivity contribution >= 4 is 16.7 Å². The van der Waals surface area contributed by atoms with Crippen LogP contribution in [0.3, 0.4) is 0 Å². The molecule has 6 heteroatoms. The number of nitrogens with two attached hydrogens (primary N) is 1. The number of carbonyl (C=O) groups excluding carboxylic acids is 1. The van der Waals surface area contributed by atoms with Gasteiger partial charge >= 0.3 is 0 Å². The highest BCUT2D eigenvalue weighted by Gasteiger charge is 2.22. The molecule has 0 saturated heterocycles. The van der Waals surface area contributed by atoms with Crippen molar-refractivity contribution in [1.29, 1.82) is 0 Å². The largest absolute Gasteiger partial charge is 0.508 e. The van der Waals surface area contributed by atoms with Crippen molar-refractivity contribution in [2.75, 3.05) is 13.1 Å². The summed E-state index contributed by atoms with van der Waals surface area (Å²) < 4.78 is 0. The Kier molecular flexibility index (Phi) is 8.38. The highest BCUT2D eigenvalue weighted by molar-refractivity contribution is 5.86. The predicted molar refractivity (Wildman–Crippen MR) is 132 cm³/mol. The monoisotopic (exact) mass is 443 g/mol. The maximum absolute atomic E-state index is 12.0. The van der Waals surface area contributed by atoms with Gasteiger partial charge in [0.1, 0.15) is 5.75 Å². The first kappa shape index (κ1) is 23.8. The number of aromatic amines is 1. The quantitative estimate of drug-likeness (QED) is 0.417. The Bertz CT molecular complexity index is 1190. The van der Waals surface area contributed by atoms with Crippen molar-refractivity contribution in [1.82, 2.24) is 9.88 Å². The SMILES string of the molecule is Cc1ccc(O)cc1.NCC(=O)N1CCc2[nH]c(=O)c3ccccc3c2C1.c1ccccc1. The second kappa shape index (κ2) is 11.6. The molecule has 1 aliphatic heterocycles. The van der Waals surface area contributed by atoms with E-state index < -0.39 is 0 Å². The molecule has 170 valence electrons. The van der Waals surface area contributed by atoms with Crippen LogP contribution in [0.5, 0.6) is 5.75 Å². The Morgan fingerprint density at radius 3 is 2.06 bits per heavy atom. The summed E-state index contributed by atoms with van der Waals surface area (Å²) in [5.74, 6) is 0.275. The van der Waals surface area contributed by atoms with E-state index in [1.54, 1.807) is 23.1 Å². The zero-order chi connectivity index (χ0) is 23.6. The lowest BCUT2D eigenvalue weighted by Gasteiger charge is -2.29. The van der Waals surface area contributed by atoms with Crippen LogP contribution < -0.4 is 11.3 Å². The molecule has 1 amide bonds. The van der Waals surface area contributed by atoms with Gasteiger partial charge in [0.25, 0.3) is 5.56 Å². The minimum absolute atomic E-state index is 0.0244. The molecule has 0 spiro atoms. The van der Waals surface area contributed by atoms with E-state index >= 15 is 0 Å². The number of H-pyrrole nitrogens is 1. The molecule has 0 unspecified atom stereocenters. The fraction of sp³-hybridized carbons (Fsp3) is 0.185.